The fourth-order valence-corrected chi connectivity index (χ4v) is 3.35. The summed E-state index contributed by atoms with van der Waals surface area (Å²) < 4.78 is 10.5. The summed E-state index contributed by atoms with van der Waals surface area (Å²) in [4.78, 5) is 37.9. The van der Waals surface area contributed by atoms with Gasteiger partial charge in [-0.25, -0.2) is 4.79 Å². The van der Waals surface area contributed by atoms with Crippen molar-refractivity contribution in [2.75, 3.05) is 19.7 Å². The number of hydrogen-bond acceptors (Lipinski definition) is 6. The lowest BCUT2D eigenvalue weighted by Crippen LogP contribution is -2.57. The van der Waals surface area contributed by atoms with Gasteiger partial charge in [-0.15, -0.1) is 0 Å². The topological polar surface area (TPSA) is 93.1 Å². The molecule has 1 N–H and O–H groups in total. The number of rotatable bonds is 4. The lowest BCUT2D eigenvalue weighted by atomic mass is 9.76. The van der Waals surface area contributed by atoms with Crippen LogP contribution < -0.4 is 0 Å². The number of ether oxygens (including phenoxy) is 2. The molecule has 0 amide bonds. The van der Waals surface area contributed by atoms with Gasteiger partial charge in [0.15, 0.2) is 0 Å². The summed E-state index contributed by atoms with van der Waals surface area (Å²) in [6, 6.07) is -0.812. The van der Waals surface area contributed by atoms with Gasteiger partial charge in [0, 0.05) is 24.6 Å². The van der Waals surface area contributed by atoms with E-state index in [1.54, 1.807) is 38.7 Å². The molecule has 134 valence electrons. The summed E-state index contributed by atoms with van der Waals surface area (Å²) in [6.45, 7) is 7.92. The molecule has 1 saturated heterocycles. The van der Waals surface area contributed by atoms with Crippen LogP contribution in [0.5, 0.6) is 0 Å². The molecule has 2 heterocycles. The van der Waals surface area contributed by atoms with E-state index in [1.165, 1.54) is 0 Å². The van der Waals surface area contributed by atoms with E-state index in [1.807, 2.05) is 0 Å². The highest BCUT2D eigenvalue weighted by atomic mass is 16.6. The number of carboxylic acid groups (broad SMARTS) is 1. The SMILES string of the molecule is CCOC(=O)C1=CCN2CC(C(=O)OC(C)(C)C)CC1C2C(=O)O. The summed E-state index contributed by atoms with van der Waals surface area (Å²) in [7, 11) is 0. The van der Waals surface area contributed by atoms with Gasteiger partial charge in [0.25, 0.3) is 0 Å². The second-order valence-corrected chi connectivity index (χ2v) is 7.19. The van der Waals surface area contributed by atoms with Crippen molar-refractivity contribution < 1.29 is 29.0 Å². The summed E-state index contributed by atoms with van der Waals surface area (Å²) in [5, 5.41) is 9.55. The zero-order valence-electron chi connectivity index (χ0n) is 14.6. The van der Waals surface area contributed by atoms with Crippen LogP contribution >= 0.6 is 0 Å². The fourth-order valence-electron chi connectivity index (χ4n) is 3.35. The molecule has 2 aliphatic rings. The molecule has 0 aliphatic carbocycles. The number of nitrogens with zero attached hydrogens (tertiary/aromatic N) is 1. The summed E-state index contributed by atoms with van der Waals surface area (Å²) in [5.41, 5.74) is -0.251. The molecule has 0 aromatic rings. The van der Waals surface area contributed by atoms with Gasteiger partial charge in [-0.05, 0) is 34.1 Å². The number of carboxylic acids is 1. The number of fused-ring (bicyclic) bond motifs is 2. The number of esters is 2. The molecule has 4 atom stereocenters. The monoisotopic (exact) mass is 339 g/mol. The molecule has 0 saturated carbocycles. The van der Waals surface area contributed by atoms with Crippen LogP contribution in [0, 0.1) is 11.8 Å². The van der Waals surface area contributed by atoms with Crippen molar-refractivity contribution in [1.29, 1.82) is 0 Å². The van der Waals surface area contributed by atoms with Crippen LogP contribution in [0.4, 0.5) is 0 Å². The molecule has 2 rings (SSSR count). The number of carbonyl (C=O) groups excluding carboxylic acids is 2. The molecule has 0 aromatic heterocycles. The van der Waals surface area contributed by atoms with Crippen molar-refractivity contribution in [1.82, 2.24) is 4.90 Å². The lowest BCUT2D eigenvalue weighted by Gasteiger charge is -2.45. The molecule has 0 radical (unpaired) electrons. The van der Waals surface area contributed by atoms with Crippen molar-refractivity contribution in [3.8, 4) is 0 Å². The minimum Gasteiger partial charge on any atom is -0.480 e. The van der Waals surface area contributed by atoms with E-state index in [4.69, 9.17) is 9.47 Å². The van der Waals surface area contributed by atoms with E-state index >= 15 is 0 Å². The Bertz CT molecular complexity index is 562. The van der Waals surface area contributed by atoms with Gasteiger partial charge in [-0.1, -0.05) is 6.08 Å². The first-order valence-corrected chi connectivity index (χ1v) is 8.21. The zero-order valence-corrected chi connectivity index (χ0v) is 14.6. The standard InChI is InChI=1S/C17H25NO6/c1-5-23-16(22)11-6-7-18-9-10(15(21)24-17(2,3)4)8-12(11)13(18)14(19)20/h6,10,12-13H,5,7-9H2,1-4H3,(H,19,20). The molecule has 0 aromatic carbocycles. The van der Waals surface area contributed by atoms with Gasteiger partial charge in [0.2, 0.25) is 0 Å². The maximum atomic E-state index is 12.4. The Morgan fingerprint density at radius 1 is 1.33 bits per heavy atom. The maximum Gasteiger partial charge on any atom is 0.334 e. The Morgan fingerprint density at radius 3 is 2.54 bits per heavy atom. The second kappa shape index (κ2) is 6.93. The Labute approximate surface area is 141 Å². The number of hydrogen-bond donors (Lipinski definition) is 1. The molecule has 1 fully saturated rings. The number of piperidine rings is 1. The minimum atomic E-state index is -0.988. The summed E-state index contributed by atoms with van der Waals surface area (Å²) >= 11 is 0. The van der Waals surface area contributed by atoms with Crippen molar-refractivity contribution in [3.63, 3.8) is 0 Å². The Balaban J connectivity index is 2.24. The maximum absolute atomic E-state index is 12.4. The van der Waals surface area contributed by atoms with E-state index in [9.17, 15) is 19.5 Å². The molecule has 2 bridgehead atoms. The molecular formula is C17H25NO6. The van der Waals surface area contributed by atoms with Crippen molar-refractivity contribution in [3.05, 3.63) is 11.6 Å². The highest BCUT2D eigenvalue weighted by Gasteiger charge is 2.48. The average Bonchev–Trinajstić information content (AvgIpc) is 2.44. The van der Waals surface area contributed by atoms with Crippen LogP contribution in [-0.4, -0.2) is 59.3 Å². The second-order valence-electron chi connectivity index (χ2n) is 7.19. The summed E-state index contributed by atoms with van der Waals surface area (Å²) in [5.74, 6) is -2.87. The van der Waals surface area contributed by atoms with Crippen LogP contribution in [0.3, 0.4) is 0 Å². The third kappa shape index (κ3) is 3.95. The normalized spacial score (nSPS) is 29.4. The molecular weight excluding hydrogens is 314 g/mol. The van der Waals surface area contributed by atoms with Crippen LogP contribution in [0.15, 0.2) is 11.6 Å². The molecule has 7 nitrogen and oxygen atoms in total. The smallest absolute Gasteiger partial charge is 0.334 e. The lowest BCUT2D eigenvalue weighted by molar-refractivity contribution is -0.167. The largest absolute Gasteiger partial charge is 0.480 e. The highest BCUT2D eigenvalue weighted by Crippen LogP contribution is 2.37. The molecule has 7 heteroatoms. The minimum absolute atomic E-state index is 0.222. The number of carbonyl (C=O) groups is 3. The zero-order chi connectivity index (χ0) is 18.1. The van der Waals surface area contributed by atoms with Crippen molar-refractivity contribution in [2.24, 2.45) is 11.8 Å². The Morgan fingerprint density at radius 2 is 2.00 bits per heavy atom. The Kier molecular flexibility index (Phi) is 5.32. The molecule has 0 spiro atoms. The predicted octanol–water partition coefficient (Wildman–Crippen LogP) is 1.22. The number of aliphatic carboxylic acids is 1. The van der Waals surface area contributed by atoms with E-state index < -0.39 is 35.4 Å². The van der Waals surface area contributed by atoms with Crippen LogP contribution in [-0.2, 0) is 23.9 Å². The first kappa shape index (κ1) is 18.4. The van der Waals surface area contributed by atoms with Gasteiger partial charge in [0.1, 0.15) is 11.6 Å². The van der Waals surface area contributed by atoms with Crippen molar-refractivity contribution in [2.45, 2.75) is 45.8 Å². The van der Waals surface area contributed by atoms with Crippen LogP contribution in [0.2, 0.25) is 0 Å². The summed E-state index contributed by atoms with van der Waals surface area (Å²) in [6.07, 6.45) is 1.99. The van der Waals surface area contributed by atoms with Gasteiger partial charge >= 0.3 is 17.9 Å². The average molecular weight is 339 g/mol. The fraction of sp³-hybridized carbons (Fsp3) is 0.706. The quantitative estimate of drug-likeness (QED) is 0.770. The third-order valence-corrected chi connectivity index (χ3v) is 4.22. The van der Waals surface area contributed by atoms with E-state index in [-0.39, 0.29) is 19.0 Å². The van der Waals surface area contributed by atoms with Crippen LogP contribution in [0.25, 0.3) is 0 Å². The van der Waals surface area contributed by atoms with Crippen molar-refractivity contribution >= 4 is 17.9 Å². The predicted molar refractivity (Wildman–Crippen MR) is 85.2 cm³/mol. The highest BCUT2D eigenvalue weighted by molar-refractivity contribution is 5.91. The van der Waals surface area contributed by atoms with Gasteiger partial charge in [-0.3, -0.25) is 14.5 Å². The van der Waals surface area contributed by atoms with E-state index in [0.29, 0.717) is 18.7 Å². The van der Waals surface area contributed by atoms with E-state index in [2.05, 4.69) is 0 Å². The third-order valence-electron chi connectivity index (χ3n) is 4.22. The van der Waals surface area contributed by atoms with E-state index in [0.717, 1.165) is 0 Å². The molecule has 24 heavy (non-hydrogen) atoms. The Hall–Kier alpha value is -1.89. The molecule has 2 aliphatic heterocycles. The van der Waals surface area contributed by atoms with Gasteiger partial charge < -0.3 is 14.6 Å². The first-order chi connectivity index (χ1) is 11.1. The van der Waals surface area contributed by atoms with Crippen LogP contribution in [0.1, 0.15) is 34.1 Å². The molecule has 4 unspecified atom stereocenters. The first-order valence-electron chi connectivity index (χ1n) is 8.21. The van der Waals surface area contributed by atoms with Gasteiger partial charge in [0.05, 0.1) is 12.5 Å². The van der Waals surface area contributed by atoms with Gasteiger partial charge in [-0.2, -0.15) is 0 Å².